The summed E-state index contributed by atoms with van der Waals surface area (Å²) in [6.07, 6.45) is 1.13. The first kappa shape index (κ1) is 18.9. The van der Waals surface area contributed by atoms with Gasteiger partial charge in [0.25, 0.3) is 0 Å². The van der Waals surface area contributed by atoms with Gasteiger partial charge in [0.15, 0.2) is 0 Å². The highest BCUT2D eigenvalue weighted by molar-refractivity contribution is 6.42. The van der Waals surface area contributed by atoms with E-state index >= 15 is 0 Å². The number of allylic oxidation sites excluding steroid dienone is 2. The Balaban J connectivity index is 1.81. The summed E-state index contributed by atoms with van der Waals surface area (Å²) in [6.45, 7) is 1.82. The molecule has 1 saturated carbocycles. The minimum atomic E-state index is -0.464. The fourth-order valence-corrected chi connectivity index (χ4v) is 4.80. The van der Waals surface area contributed by atoms with E-state index in [0.717, 1.165) is 11.3 Å². The molecule has 0 bridgehead atoms. The van der Waals surface area contributed by atoms with Crippen molar-refractivity contribution in [3.8, 4) is 6.07 Å². The van der Waals surface area contributed by atoms with Crippen LogP contribution >= 0.6 is 23.2 Å². The zero-order chi connectivity index (χ0) is 19.8. The van der Waals surface area contributed by atoms with Crippen LogP contribution in [0.25, 0.3) is 0 Å². The second kappa shape index (κ2) is 7.54. The number of hydrogen-bond donors (Lipinski definition) is 0. The van der Waals surface area contributed by atoms with Gasteiger partial charge in [-0.15, -0.1) is 0 Å². The molecule has 1 aliphatic heterocycles. The van der Waals surface area contributed by atoms with Crippen molar-refractivity contribution in [2.24, 2.45) is 10.9 Å². The number of nitrogens with zero attached hydrogens (tertiary/aromatic N) is 2. The predicted octanol–water partition coefficient (Wildman–Crippen LogP) is 6.09. The molecule has 0 aromatic heterocycles. The van der Waals surface area contributed by atoms with Crippen LogP contribution in [0.3, 0.4) is 0 Å². The standard InChI is InChI=1S/C23H18Cl2N2O/c1-13-17(12-26)21(16-8-5-9-18(24)23(16)25)22-19(27-13)10-15(11-20(22)28)14-6-3-2-4-7-14/h2-9,15,21-22H,10-11H2,1H3/t15-,21+,22-/m0/s1. The molecule has 4 rings (SSSR count). The number of carbonyl (C=O) groups is 1. The van der Waals surface area contributed by atoms with E-state index < -0.39 is 11.8 Å². The van der Waals surface area contributed by atoms with Crippen LogP contribution in [-0.2, 0) is 4.79 Å². The molecule has 2 aromatic rings. The van der Waals surface area contributed by atoms with Crippen molar-refractivity contribution in [1.82, 2.24) is 0 Å². The predicted molar refractivity (Wildman–Crippen MR) is 112 cm³/mol. The molecule has 0 saturated heterocycles. The van der Waals surface area contributed by atoms with Crippen LogP contribution in [0, 0.1) is 17.2 Å². The number of ketones is 1. The molecule has 1 fully saturated rings. The maximum atomic E-state index is 13.3. The quantitative estimate of drug-likeness (QED) is 0.603. The van der Waals surface area contributed by atoms with Crippen molar-refractivity contribution in [3.63, 3.8) is 0 Å². The van der Waals surface area contributed by atoms with Crippen LogP contribution in [0.5, 0.6) is 0 Å². The summed E-state index contributed by atoms with van der Waals surface area (Å²) in [5.41, 5.74) is 3.83. The van der Waals surface area contributed by atoms with Gasteiger partial charge < -0.3 is 0 Å². The summed E-state index contributed by atoms with van der Waals surface area (Å²) in [6, 6.07) is 17.7. The third kappa shape index (κ3) is 3.17. The minimum Gasteiger partial charge on any atom is -0.299 e. The lowest BCUT2D eigenvalue weighted by molar-refractivity contribution is -0.122. The summed E-state index contributed by atoms with van der Waals surface area (Å²) in [4.78, 5) is 18.0. The minimum absolute atomic E-state index is 0.0974. The summed E-state index contributed by atoms with van der Waals surface area (Å²) < 4.78 is 0. The van der Waals surface area contributed by atoms with Crippen molar-refractivity contribution < 1.29 is 4.79 Å². The van der Waals surface area contributed by atoms with E-state index in [9.17, 15) is 10.1 Å². The van der Waals surface area contributed by atoms with E-state index in [0.29, 0.717) is 39.7 Å². The molecule has 5 heteroatoms. The van der Waals surface area contributed by atoms with E-state index in [4.69, 9.17) is 23.2 Å². The third-order valence-electron chi connectivity index (χ3n) is 5.66. The molecule has 0 unspecified atom stereocenters. The Bertz CT molecular complexity index is 1050. The number of carbonyl (C=O) groups excluding carboxylic acids is 1. The smallest absolute Gasteiger partial charge is 0.143 e. The largest absolute Gasteiger partial charge is 0.299 e. The highest BCUT2D eigenvalue weighted by atomic mass is 35.5. The molecule has 2 aliphatic rings. The van der Waals surface area contributed by atoms with Gasteiger partial charge in [-0.3, -0.25) is 9.79 Å². The molecule has 3 atom stereocenters. The summed E-state index contributed by atoms with van der Waals surface area (Å²) in [7, 11) is 0. The molecule has 140 valence electrons. The van der Waals surface area contributed by atoms with Crippen LogP contribution in [0.15, 0.2) is 64.8 Å². The van der Waals surface area contributed by atoms with Crippen LogP contribution in [0.4, 0.5) is 0 Å². The highest BCUT2D eigenvalue weighted by Crippen LogP contribution is 2.47. The molecule has 2 aromatic carbocycles. The van der Waals surface area contributed by atoms with E-state index in [-0.39, 0.29) is 11.7 Å². The maximum Gasteiger partial charge on any atom is 0.143 e. The first-order chi connectivity index (χ1) is 13.5. The summed E-state index contributed by atoms with van der Waals surface area (Å²) in [5, 5.41) is 10.6. The van der Waals surface area contributed by atoms with Gasteiger partial charge in [0.2, 0.25) is 0 Å². The molecular weight excluding hydrogens is 391 g/mol. The normalized spacial score (nSPS) is 24.4. The van der Waals surface area contributed by atoms with Gasteiger partial charge >= 0.3 is 0 Å². The average Bonchev–Trinajstić information content (AvgIpc) is 2.69. The van der Waals surface area contributed by atoms with Gasteiger partial charge in [-0.1, -0.05) is 65.7 Å². The van der Waals surface area contributed by atoms with Crippen LogP contribution in [-0.4, -0.2) is 11.5 Å². The van der Waals surface area contributed by atoms with Gasteiger partial charge in [0, 0.05) is 18.1 Å². The molecule has 0 spiro atoms. The van der Waals surface area contributed by atoms with Crippen LogP contribution < -0.4 is 0 Å². The Morgan fingerprint density at radius 2 is 1.79 bits per heavy atom. The van der Waals surface area contributed by atoms with Crippen molar-refractivity contribution in [2.75, 3.05) is 0 Å². The van der Waals surface area contributed by atoms with Crippen LogP contribution in [0.1, 0.15) is 42.7 Å². The van der Waals surface area contributed by atoms with E-state index in [1.165, 1.54) is 0 Å². The number of halogens is 2. The number of nitriles is 1. The SMILES string of the molecule is CC1=C(C#N)[C@@H](c2cccc(Cl)c2Cl)[C@@H]2C(=O)C[C@@H](c3ccccc3)CC2=N1. The second-order valence-corrected chi connectivity index (χ2v) is 8.08. The van der Waals surface area contributed by atoms with Crippen molar-refractivity contribution in [1.29, 1.82) is 5.26 Å². The molecular formula is C23H18Cl2N2O. The molecule has 0 N–H and O–H groups in total. The van der Waals surface area contributed by atoms with E-state index in [1.54, 1.807) is 12.1 Å². The number of rotatable bonds is 2. The Labute approximate surface area is 174 Å². The van der Waals surface area contributed by atoms with Crippen molar-refractivity contribution in [2.45, 2.75) is 31.6 Å². The van der Waals surface area contributed by atoms with Gasteiger partial charge in [-0.05, 0) is 36.5 Å². The molecule has 1 aliphatic carbocycles. The van der Waals surface area contributed by atoms with Crippen LogP contribution in [0.2, 0.25) is 10.0 Å². The number of hydrogen-bond acceptors (Lipinski definition) is 3. The van der Waals surface area contributed by atoms with Gasteiger partial charge in [-0.2, -0.15) is 5.26 Å². The first-order valence-corrected chi connectivity index (χ1v) is 9.96. The number of benzene rings is 2. The molecule has 28 heavy (non-hydrogen) atoms. The lowest BCUT2D eigenvalue weighted by Gasteiger charge is -2.37. The Morgan fingerprint density at radius 1 is 1.04 bits per heavy atom. The molecule has 3 nitrogen and oxygen atoms in total. The monoisotopic (exact) mass is 408 g/mol. The van der Waals surface area contributed by atoms with Gasteiger partial charge in [-0.25, -0.2) is 0 Å². The number of Topliss-reactive ketones (excluding diaryl/α,β-unsaturated/α-hetero) is 1. The zero-order valence-electron chi connectivity index (χ0n) is 15.3. The fourth-order valence-electron chi connectivity index (χ4n) is 4.38. The van der Waals surface area contributed by atoms with Crippen molar-refractivity contribution in [3.05, 3.63) is 81.0 Å². The lowest BCUT2D eigenvalue weighted by Crippen LogP contribution is -2.39. The second-order valence-electron chi connectivity index (χ2n) is 7.29. The number of aliphatic imine (C=N–C) groups is 1. The fraction of sp³-hybridized carbons (Fsp3) is 0.261. The number of fused-ring (bicyclic) bond motifs is 1. The average molecular weight is 409 g/mol. The topological polar surface area (TPSA) is 53.2 Å². The highest BCUT2D eigenvalue weighted by Gasteiger charge is 2.44. The summed E-state index contributed by atoms with van der Waals surface area (Å²) >= 11 is 12.7. The Kier molecular flexibility index (Phi) is 5.10. The van der Waals surface area contributed by atoms with Gasteiger partial charge in [0.05, 0.1) is 33.3 Å². The Hall–Kier alpha value is -2.41. The summed E-state index contributed by atoms with van der Waals surface area (Å²) in [5.74, 6) is -0.696. The van der Waals surface area contributed by atoms with Gasteiger partial charge in [0.1, 0.15) is 5.78 Å². The van der Waals surface area contributed by atoms with E-state index in [2.05, 4.69) is 23.2 Å². The molecule has 0 radical (unpaired) electrons. The van der Waals surface area contributed by atoms with E-state index in [1.807, 2.05) is 31.2 Å². The molecule has 0 amide bonds. The zero-order valence-corrected chi connectivity index (χ0v) is 16.8. The van der Waals surface area contributed by atoms with Crippen molar-refractivity contribution >= 4 is 34.7 Å². The molecule has 1 heterocycles. The first-order valence-electron chi connectivity index (χ1n) is 9.21. The third-order valence-corrected chi connectivity index (χ3v) is 6.50. The maximum absolute atomic E-state index is 13.3. The lowest BCUT2D eigenvalue weighted by atomic mass is 9.66. The Morgan fingerprint density at radius 3 is 2.50 bits per heavy atom.